The number of carbonyl (C=O) groups is 2. The number of carbonyl (C=O) groups excluding carboxylic acids is 2. The monoisotopic (exact) mass is 804 g/mol. The second kappa shape index (κ2) is 47.0. The number of unbranched alkanes of at least 4 members (excludes halogenated alkanes) is 31. The number of hydrogen-bond acceptors (Lipinski definition) is 5. The molecule has 0 aromatic heterocycles. The summed E-state index contributed by atoms with van der Waals surface area (Å²) in [5.74, 6) is -0.0682. The van der Waals surface area contributed by atoms with Gasteiger partial charge in [0.15, 0.2) is 0 Å². The number of ether oxygens (including phenoxy) is 1. The van der Waals surface area contributed by atoms with Crippen molar-refractivity contribution in [2.45, 2.75) is 276 Å². The van der Waals surface area contributed by atoms with Crippen LogP contribution in [0, 0.1) is 0 Å². The zero-order chi connectivity index (χ0) is 41.5. The van der Waals surface area contributed by atoms with Gasteiger partial charge < -0.3 is 20.3 Å². The van der Waals surface area contributed by atoms with Crippen LogP contribution in [-0.4, -0.2) is 47.4 Å². The van der Waals surface area contributed by atoms with Crippen LogP contribution in [0.2, 0.25) is 0 Å². The van der Waals surface area contributed by atoms with Gasteiger partial charge in [-0.2, -0.15) is 0 Å². The summed E-state index contributed by atoms with van der Waals surface area (Å²) in [6, 6.07) is -0.551. The summed E-state index contributed by atoms with van der Waals surface area (Å²) >= 11 is 0. The maximum absolute atomic E-state index is 12.4. The molecular weight excluding hydrogens is 707 g/mol. The average molecular weight is 804 g/mol. The van der Waals surface area contributed by atoms with E-state index in [9.17, 15) is 19.8 Å². The normalized spacial score (nSPS) is 12.8. The zero-order valence-electron chi connectivity index (χ0n) is 38.1. The third kappa shape index (κ3) is 43.7. The van der Waals surface area contributed by atoms with Crippen molar-refractivity contribution in [3.63, 3.8) is 0 Å². The fourth-order valence-corrected chi connectivity index (χ4v) is 7.61. The number of aliphatic hydroxyl groups is 2. The number of amides is 1. The molecule has 0 heterocycles. The molecule has 0 aliphatic carbocycles. The lowest BCUT2D eigenvalue weighted by molar-refractivity contribution is -0.143. The standard InChI is InChI=1S/C51H97NO5/c1-3-5-7-9-11-13-15-24-27-31-35-39-43-49(54)48(47-53)52-50(55)44-40-36-32-28-25-21-19-17-16-18-20-22-26-30-34-38-42-46-57-51(56)45-41-37-33-29-23-14-12-10-8-6-4-2/h16,18,22,26,48-49,53-54H,3-15,17,19-21,23-25,27-47H2,1-2H3,(H,52,55)/b18-16-,26-22-. The number of hydrogen-bond donors (Lipinski definition) is 3. The Hall–Kier alpha value is -1.66. The van der Waals surface area contributed by atoms with Crippen LogP contribution in [0.1, 0.15) is 264 Å². The minimum atomic E-state index is -0.673. The van der Waals surface area contributed by atoms with Gasteiger partial charge in [-0.1, -0.05) is 212 Å². The number of allylic oxidation sites excluding steroid dienone is 4. The molecular formula is C51H97NO5. The molecule has 3 N–H and O–H groups in total. The van der Waals surface area contributed by atoms with Gasteiger partial charge in [0, 0.05) is 12.8 Å². The lowest BCUT2D eigenvalue weighted by Gasteiger charge is -2.22. The topological polar surface area (TPSA) is 95.9 Å². The first kappa shape index (κ1) is 55.3. The highest BCUT2D eigenvalue weighted by Crippen LogP contribution is 2.16. The molecule has 0 aliphatic heterocycles. The third-order valence-corrected chi connectivity index (χ3v) is 11.5. The first-order valence-electron chi connectivity index (χ1n) is 25.1. The molecule has 0 aromatic rings. The lowest BCUT2D eigenvalue weighted by atomic mass is 10.0. The SMILES string of the molecule is CCCCCCCCCCCCCCC(O)C(CO)NC(=O)CCCCCCCCC/C=C\C/C=C\CCCCCOC(=O)CCCCCCCCCCCCC. The summed E-state index contributed by atoms with van der Waals surface area (Å²) in [7, 11) is 0. The first-order valence-corrected chi connectivity index (χ1v) is 25.1. The van der Waals surface area contributed by atoms with Crippen molar-refractivity contribution in [1.29, 1.82) is 0 Å². The molecule has 0 aliphatic rings. The van der Waals surface area contributed by atoms with Crippen LogP contribution >= 0.6 is 0 Å². The molecule has 2 atom stereocenters. The third-order valence-electron chi connectivity index (χ3n) is 11.5. The van der Waals surface area contributed by atoms with Gasteiger partial charge in [0.2, 0.25) is 5.91 Å². The smallest absolute Gasteiger partial charge is 0.305 e. The van der Waals surface area contributed by atoms with Gasteiger partial charge in [-0.25, -0.2) is 0 Å². The van der Waals surface area contributed by atoms with E-state index in [-0.39, 0.29) is 18.5 Å². The molecule has 336 valence electrons. The maximum Gasteiger partial charge on any atom is 0.305 e. The summed E-state index contributed by atoms with van der Waals surface area (Å²) < 4.78 is 5.42. The molecule has 2 unspecified atom stereocenters. The maximum atomic E-state index is 12.4. The molecule has 6 nitrogen and oxygen atoms in total. The van der Waals surface area contributed by atoms with Crippen molar-refractivity contribution < 1.29 is 24.5 Å². The van der Waals surface area contributed by atoms with Gasteiger partial charge in [-0.05, 0) is 64.2 Å². The van der Waals surface area contributed by atoms with Gasteiger partial charge in [-0.15, -0.1) is 0 Å². The van der Waals surface area contributed by atoms with Gasteiger partial charge in [-0.3, -0.25) is 9.59 Å². The van der Waals surface area contributed by atoms with Crippen LogP contribution in [0.3, 0.4) is 0 Å². The average Bonchev–Trinajstić information content (AvgIpc) is 3.21. The van der Waals surface area contributed by atoms with Gasteiger partial charge >= 0.3 is 5.97 Å². The van der Waals surface area contributed by atoms with Crippen LogP contribution in [0.5, 0.6) is 0 Å². The molecule has 6 heteroatoms. The fraction of sp³-hybridized carbons (Fsp3) is 0.882. The second-order valence-electron chi connectivity index (χ2n) is 17.1. The van der Waals surface area contributed by atoms with E-state index in [1.54, 1.807) is 0 Å². The van der Waals surface area contributed by atoms with Crippen molar-refractivity contribution in [3.05, 3.63) is 24.3 Å². The quantitative estimate of drug-likeness (QED) is 0.0324. The minimum absolute atomic E-state index is 0.0162. The molecule has 57 heavy (non-hydrogen) atoms. The summed E-state index contributed by atoms with van der Waals surface area (Å²) in [5.41, 5.74) is 0. The molecule has 0 rings (SSSR count). The Morgan fingerprint density at radius 1 is 0.491 bits per heavy atom. The Balaban J connectivity index is 3.51. The Bertz CT molecular complexity index is 889. The van der Waals surface area contributed by atoms with E-state index >= 15 is 0 Å². The van der Waals surface area contributed by atoms with Crippen LogP contribution in [0.15, 0.2) is 24.3 Å². The summed E-state index contributed by atoms with van der Waals surface area (Å²) in [6.07, 6.45) is 54.3. The molecule has 0 spiro atoms. The Morgan fingerprint density at radius 2 is 0.877 bits per heavy atom. The van der Waals surface area contributed by atoms with E-state index in [1.165, 1.54) is 148 Å². The molecule has 0 radical (unpaired) electrons. The van der Waals surface area contributed by atoms with E-state index in [2.05, 4.69) is 43.5 Å². The molecule has 0 aromatic carbocycles. The van der Waals surface area contributed by atoms with Gasteiger partial charge in [0.05, 0.1) is 25.4 Å². The second-order valence-corrected chi connectivity index (χ2v) is 17.1. The summed E-state index contributed by atoms with van der Waals surface area (Å²) in [4.78, 5) is 24.4. The summed E-state index contributed by atoms with van der Waals surface area (Å²) in [5, 5.41) is 23.1. The molecule has 0 saturated carbocycles. The largest absolute Gasteiger partial charge is 0.466 e. The number of aliphatic hydroxyl groups excluding tert-OH is 2. The Morgan fingerprint density at radius 3 is 1.33 bits per heavy atom. The zero-order valence-corrected chi connectivity index (χ0v) is 38.1. The van der Waals surface area contributed by atoms with Crippen molar-refractivity contribution in [1.82, 2.24) is 5.32 Å². The number of esters is 1. The summed E-state index contributed by atoms with van der Waals surface area (Å²) in [6.45, 7) is 4.89. The predicted octanol–water partition coefficient (Wildman–Crippen LogP) is 14.7. The van der Waals surface area contributed by atoms with E-state index in [0.29, 0.717) is 25.9 Å². The fourth-order valence-electron chi connectivity index (χ4n) is 7.61. The van der Waals surface area contributed by atoms with Crippen molar-refractivity contribution in [3.8, 4) is 0 Å². The van der Waals surface area contributed by atoms with Gasteiger partial charge in [0.25, 0.3) is 0 Å². The highest BCUT2D eigenvalue weighted by atomic mass is 16.5. The van der Waals surface area contributed by atoms with E-state index < -0.39 is 12.1 Å². The van der Waals surface area contributed by atoms with E-state index in [0.717, 1.165) is 83.5 Å². The Kier molecular flexibility index (Phi) is 45.7. The van der Waals surface area contributed by atoms with E-state index in [4.69, 9.17) is 4.74 Å². The molecule has 0 fully saturated rings. The molecule has 0 bridgehead atoms. The number of rotatable bonds is 46. The van der Waals surface area contributed by atoms with Crippen LogP contribution in [0.4, 0.5) is 0 Å². The molecule has 1 amide bonds. The van der Waals surface area contributed by atoms with Crippen LogP contribution in [-0.2, 0) is 14.3 Å². The lowest BCUT2D eigenvalue weighted by Crippen LogP contribution is -2.45. The van der Waals surface area contributed by atoms with Crippen molar-refractivity contribution in [2.75, 3.05) is 13.2 Å². The van der Waals surface area contributed by atoms with Crippen molar-refractivity contribution in [2.24, 2.45) is 0 Å². The molecule has 0 saturated heterocycles. The number of nitrogens with one attached hydrogen (secondary N) is 1. The highest BCUT2D eigenvalue weighted by molar-refractivity contribution is 5.76. The predicted molar refractivity (Wildman–Crippen MR) is 246 cm³/mol. The Labute approximate surface area is 354 Å². The van der Waals surface area contributed by atoms with Gasteiger partial charge in [0.1, 0.15) is 0 Å². The van der Waals surface area contributed by atoms with Crippen LogP contribution < -0.4 is 5.32 Å². The van der Waals surface area contributed by atoms with E-state index in [1.807, 2.05) is 0 Å². The first-order chi connectivity index (χ1) is 28.0. The van der Waals surface area contributed by atoms with Crippen molar-refractivity contribution >= 4 is 11.9 Å². The highest BCUT2D eigenvalue weighted by Gasteiger charge is 2.20. The minimum Gasteiger partial charge on any atom is -0.466 e. The van der Waals surface area contributed by atoms with Crippen LogP contribution in [0.25, 0.3) is 0 Å².